The largest absolute Gasteiger partial charge is 0.477 e. The van der Waals surface area contributed by atoms with Crippen molar-refractivity contribution in [3.05, 3.63) is 23.7 Å². The van der Waals surface area contributed by atoms with Gasteiger partial charge in [-0.1, -0.05) is 12.1 Å². The predicted octanol–water partition coefficient (Wildman–Crippen LogP) is 2.03. The second kappa shape index (κ2) is 5.79. The first-order chi connectivity index (χ1) is 10.3. The van der Waals surface area contributed by atoms with E-state index in [2.05, 4.69) is 14.8 Å². The third-order valence-corrected chi connectivity index (χ3v) is 3.02. The van der Waals surface area contributed by atoms with Gasteiger partial charge < -0.3 is 14.7 Å². The van der Waals surface area contributed by atoms with Crippen molar-refractivity contribution in [3.8, 4) is 11.3 Å². The molecule has 0 aliphatic rings. The predicted molar refractivity (Wildman–Crippen MR) is 66.0 cm³/mol. The maximum atomic E-state index is 13.3. The first-order valence-electron chi connectivity index (χ1n) is 6.24. The van der Waals surface area contributed by atoms with Crippen molar-refractivity contribution >= 4 is 5.97 Å². The number of aliphatic hydroxyl groups excluding tert-OH is 1. The maximum Gasteiger partial charge on any atom is 0.433 e. The molecule has 0 saturated carbocycles. The van der Waals surface area contributed by atoms with E-state index in [1.54, 1.807) is 6.92 Å². The van der Waals surface area contributed by atoms with Crippen LogP contribution in [0.25, 0.3) is 11.3 Å². The molecule has 120 valence electrons. The molecule has 0 aliphatic heterocycles. The van der Waals surface area contributed by atoms with E-state index in [-0.39, 0.29) is 13.0 Å². The normalized spacial score (nSPS) is 13.3. The van der Waals surface area contributed by atoms with E-state index >= 15 is 0 Å². The van der Waals surface area contributed by atoms with Gasteiger partial charge in [0.25, 0.3) is 0 Å². The van der Waals surface area contributed by atoms with Gasteiger partial charge >= 0.3 is 12.1 Å². The van der Waals surface area contributed by atoms with Gasteiger partial charge in [-0.15, -0.1) is 0 Å². The Balaban J connectivity index is 2.57. The number of rotatable bonds is 5. The summed E-state index contributed by atoms with van der Waals surface area (Å²) in [5.41, 5.74) is -2.66. The van der Waals surface area contributed by atoms with Gasteiger partial charge in [-0.05, 0) is 6.42 Å². The fourth-order valence-corrected chi connectivity index (χ4v) is 1.91. The Hall–Kier alpha value is -2.36. The van der Waals surface area contributed by atoms with Gasteiger partial charge in [-0.3, -0.25) is 4.68 Å². The van der Waals surface area contributed by atoms with E-state index in [0.717, 1.165) is 12.5 Å². The minimum atomic E-state index is -4.80. The van der Waals surface area contributed by atoms with Gasteiger partial charge in [0, 0.05) is 0 Å². The van der Waals surface area contributed by atoms with Gasteiger partial charge in [0.05, 0.1) is 24.4 Å². The van der Waals surface area contributed by atoms with Crippen molar-refractivity contribution in [1.82, 2.24) is 14.9 Å². The van der Waals surface area contributed by atoms with Crippen LogP contribution < -0.4 is 0 Å². The minimum Gasteiger partial charge on any atom is -0.477 e. The number of aliphatic hydroxyl groups is 1. The maximum absolute atomic E-state index is 13.3. The molecule has 10 heteroatoms. The van der Waals surface area contributed by atoms with Gasteiger partial charge in [-0.2, -0.15) is 18.3 Å². The van der Waals surface area contributed by atoms with E-state index in [0.29, 0.717) is 4.68 Å². The van der Waals surface area contributed by atoms with Crippen molar-refractivity contribution in [1.29, 1.82) is 0 Å². The van der Waals surface area contributed by atoms with E-state index in [1.165, 1.54) is 0 Å². The standard InChI is InChI=1S/C12H12F3N3O4/c1-2-6(19)4-18-10(12(13,14)15)7(3-16-18)9-8(11(20)21)5-22-17-9/h3,5-6,19H,2,4H2,1H3,(H,20,21). The molecular weight excluding hydrogens is 307 g/mol. The number of carbonyl (C=O) groups is 1. The van der Waals surface area contributed by atoms with Crippen molar-refractivity contribution in [2.24, 2.45) is 0 Å². The number of nitrogens with zero attached hydrogens (tertiary/aromatic N) is 3. The number of aromatic carboxylic acids is 1. The Morgan fingerprint density at radius 3 is 2.73 bits per heavy atom. The SMILES string of the molecule is CCC(O)Cn1ncc(-c2nocc2C(=O)O)c1C(F)(F)F. The van der Waals surface area contributed by atoms with Crippen molar-refractivity contribution < 1.29 is 32.7 Å². The second-order valence-corrected chi connectivity index (χ2v) is 4.53. The fourth-order valence-electron chi connectivity index (χ4n) is 1.91. The quantitative estimate of drug-likeness (QED) is 0.874. The summed E-state index contributed by atoms with van der Waals surface area (Å²) in [6.45, 7) is 1.24. The minimum absolute atomic E-state index is 0.247. The fraction of sp³-hybridized carbons (Fsp3) is 0.417. The summed E-state index contributed by atoms with van der Waals surface area (Å²) < 4.78 is 44.9. The molecule has 0 fully saturated rings. The third kappa shape index (κ3) is 2.96. The summed E-state index contributed by atoms with van der Waals surface area (Å²) in [5, 5.41) is 25.4. The van der Waals surface area contributed by atoms with E-state index in [9.17, 15) is 23.1 Å². The van der Waals surface area contributed by atoms with E-state index < -0.39 is 40.8 Å². The second-order valence-electron chi connectivity index (χ2n) is 4.53. The molecule has 2 heterocycles. The molecule has 22 heavy (non-hydrogen) atoms. The van der Waals surface area contributed by atoms with Crippen molar-refractivity contribution in [2.45, 2.75) is 32.2 Å². The van der Waals surface area contributed by atoms with Gasteiger partial charge in [0.1, 0.15) is 17.5 Å². The summed E-state index contributed by atoms with van der Waals surface area (Å²) in [4.78, 5) is 11.0. The molecular formula is C12H12F3N3O4. The van der Waals surface area contributed by atoms with Crippen LogP contribution in [0.5, 0.6) is 0 Å². The van der Waals surface area contributed by atoms with Crippen molar-refractivity contribution in [2.75, 3.05) is 0 Å². The summed E-state index contributed by atoms with van der Waals surface area (Å²) >= 11 is 0. The zero-order valence-electron chi connectivity index (χ0n) is 11.3. The summed E-state index contributed by atoms with van der Waals surface area (Å²) in [5.74, 6) is -1.47. The van der Waals surface area contributed by atoms with Crippen LogP contribution in [0.4, 0.5) is 13.2 Å². The zero-order chi connectivity index (χ0) is 16.5. The lowest BCUT2D eigenvalue weighted by molar-refractivity contribution is -0.144. The van der Waals surface area contributed by atoms with Crippen LogP contribution in [0.2, 0.25) is 0 Å². The molecule has 0 bridgehead atoms. The molecule has 1 unspecified atom stereocenters. The number of carboxylic acid groups (broad SMARTS) is 1. The number of aromatic nitrogens is 3. The molecule has 1 atom stereocenters. The lowest BCUT2D eigenvalue weighted by Crippen LogP contribution is -2.22. The molecule has 0 spiro atoms. The molecule has 0 radical (unpaired) electrons. The molecule has 2 aromatic rings. The molecule has 0 aromatic carbocycles. The Morgan fingerprint density at radius 2 is 2.18 bits per heavy atom. The number of halogens is 3. The van der Waals surface area contributed by atoms with Crippen molar-refractivity contribution in [3.63, 3.8) is 0 Å². The van der Waals surface area contributed by atoms with Crippen LogP contribution in [0, 0.1) is 0 Å². The van der Waals surface area contributed by atoms with Crippen LogP contribution in [0.3, 0.4) is 0 Å². The zero-order valence-corrected chi connectivity index (χ0v) is 11.3. The molecule has 0 saturated heterocycles. The highest BCUT2D eigenvalue weighted by atomic mass is 19.4. The van der Waals surface area contributed by atoms with Gasteiger partial charge in [0.2, 0.25) is 0 Å². The smallest absolute Gasteiger partial charge is 0.433 e. The van der Waals surface area contributed by atoms with Gasteiger partial charge in [-0.25, -0.2) is 4.79 Å². The monoisotopic (exact) mass is 319 g/mol. The number of hydrogen-bond donors (Lipinski definition) is 2. The lowest BCUT2D eigenvalue weighted by Gasteiger charge is -2.14. The highest BCUT2D eigenvalue weighted by Gasteiger charge is 2.40. The molecule has 2 N–H and O–H groups in total. The highest BCUT2D eigenvalue weighted by Crippen LogP contribution is 2.37. The summed E-state index contributed by atoms with van der Waals surface area (Å²) in [6.07, 6.45) is -3.96. The highest BCUT2D eigenvalue weighted by molar-refractivity contribution is 5.94. The number of alkyl halides is 3. The van der Waals surface area contributed by atoms with Crippen LogP contribution in [-0.2, 0) is 12.7 Å². The average Bonchev–Trinajstić information content (AvgIpc) is 3.02. The van der Waals surface area contributed by atoms with Crippen LogP contribution in [0.1, 0.15) is 29.4 Å². The summed E-state index contributed by atoms with van der Waals surface area (Å²) in [7, 11) is 0. The number of carboxylic acids is 1. The summed E-state index contributed by atoms with van der Waals surface area (Å²) in [6, 6.07) is 0. The Labute approximate surface area is 121 Å². The molecule has 0 aliphatic carbocycles. The molecule has 2 aromatic heterocycles. The third-order valence-electron chi connectivity index (χ3n) is 3.02. The molecule has 7 nitrogen and oxygen atoms in total. The van der Waals surface area contributed by atoms with Crippen LogP contribution in [-0.4, -0.2) is 37.2 Å². The first-order valence-corrected chi connectivity index (χ1v) is 6.24. The number of hydrogen-bond acceptors (Lipinski definition) is 5. The Morgan fingerprint density at radius 1 is 1.50 bits per heavy atom. The van der Waals surface area contributed by atoms with Crippen LogP contribution >= 0.6 is 0 Å². The van der Waals surface area contributed by atoms with Crippen LogP contribution in [0.15, 0.2) is 17.0 Å². The first kappa shape index (κ1) is 16.0. The molecule has 2 rings (SSSR count). The Kier molecular flexibility index (Phi) is 4.22. The van der Waals surface area contributed by atoms with E-state index in [1.807, 2.05) is 0 Å². The topological polar surface area (TPSA) is 101 Å². The lowest BCUT2D eigenvalue weighted by atomic mass is 10.1. The average molecular weight is 319 g/mol. The molecule has 0 amide bonds. The Bertz CT molecular complexity index is 677. The van der Waals surface area contributed by atoms with E-state index in [4.69, 9.17) is 5.11 Å². The van der Waals surface area contributed by atoms with Gasteiger partial charge in [0.15, 0.2) is 5.69 Å².